The maximum absolute atomic E-state index is 10.4. The van der Waals surface area contributed by atoms with Gasteiger partial charge in [-0.15, -0.1) is 0 Å². The molecule has 0 unspecified atom stereocenters. The van der Waals surface area contributed by atoms with E-state index in [2.05, 4.69) is 54.5 Å². The van der Waals surface area contributed by atoms with Gasteiger partial charge in [0.15, 0.2) is 5.84 Å². The minimum Gasteiger partial charge on any atom is -0.392 e. The summed E-state index contributed by atoms with van der Waals surface area (Å²) in [6.07, 6.45) is 0.867. The number of nitrogens with zero attached hydrogens (tertiary/aromatic N) is 3. The summed E-state index contributed by atoms with van der Waals surface area (Å²) in [6.45, 7) is 16.0. The van der Waals surface area contributed by atoms with Crippen molar-refractivity contribution in [3.63, 3.8) is 0 Å². The summed E-state index contributed by atoms with van der Waals surface area (Å²) in [7, 11) is 1.79. The molecule has 0 spiro atoms. The summed E-state index contributed by atoms with van der Waals surface area (Å²) < 4.78 is 0. The highest BCUT2D eigenvalue weighted by atomic mass is 16.3. The van der Waals surface area contributed by atoms with Gasteiger partial charge < -0.3 is 21.1 Å². The number of nitrogens with two attached hydrogens (primary N) is 1. The fourth-order valence-corrected chi connectivity index (χ4v) is 2.57. The molecule has 7 heteroatoms. The molecule has 174 valence electrons. The number of hydrogen-bond acceptors (Lipinski definition) is 6. The van der Waals surface area contributed by atoms with Crippen LogP contribution in [0.15, 0.2) is 57.4 Å². The second kappa shape index (κ2) is 15.6. The Morgan fingerprint density at radius 2 is 1.75 bits per heavy atom. The van der Waals surface area contributed by atoms with E-state index >= 15 is 0 Å². The van der Waals surface area contributed by atoms with Crippen LogP contribution in [0.25, 0.3) is 0 Å². The Labute approximate surface area is 192 Å². The van der Waals surface area contributed by atoms with Gasteiger partial charge in [-0.2, -0.15) is 0 Å². The largest absolute Gasteiger partial charge is 0.392 e. The van der Waals surface area contributed by atoms with Gasteiger partial charge in [-0.3, -0.25) is 9.79 Å². The molecule has 0 aliphatic rings. The second-order valence-corrected chi connectivity index (χ2v) is 7.59. The topological polar surface area (TPSA) is 112 Å². The Morgan fingerprint density at radius 3 is 2.12 bits per heavy atom. The molecule has 2 aromatic carbocycles. The normalized spacial score (nSPS) is 10.7. The summed E-state index contributed by atoms with van der Waals surface area (Å²) in [5.41, 5.74) is 9.84. The Bertz CT molecular complexity index is 869. The molecule has 0 aliphatic carbocycles. The first-order valence-electron chi connectivity index (χ1n) is 10.3. The van der Waals surface area contributed by atoms with Crippen LogP contribution in [0.3, 0.4) is 0 Å². The van der Waals surface area contributed by atoms with Crippen LogP contribution in [0, 0.1) is 0 Å². The van der Waals surface area contributed by atoms with E-state index in [1.54, 1.807) is 7.05 Å². The van der Waals surface area contributed by atoms with Crippen LogP contribution < -0.4 is 11.1 Å². The molecule has 0 saturated heterocycles. The molecule has 4 N–H and O–H groups in total. The first kappa shape index (κ1) is 28.8. The summed E-state index contributed by atoms with van der Waals surface area (Å²) in [6, 6.07) is 13.3. The lowest BCUT2D eigenvalue weighted by atomic mass is 9.87. The SMILES string of the molecule is C=N/C(=N\CN)c1cccc(NC)c1CO.C=NCC.CC(C)(C)c1ccc(C=O)cc1. The van der Waals surface area contributed by atoms with E-state index in [0.717, 1.165) is 35.2 Å². The van der Waals surface area contributed by atoms with Crippen LogP contribution in [0.4, 0.5) is 5.69 Å². The Kier molecular flexibility index (Phi) is 14.1. The second-order valence-electron chi connectivity index (χ2n) is 7.59. The summed E-state index contributed by atoms with van der Waals surface area (Å²) in [5, 5.41) is 12.4. The summed E-state index contributed by atoms with van der Waals surface area (Å²) >= 11 is 0. The number of benzene rings is 2. The minimum absolute atomic E-state index is 0.0918. The highest BCUT2D eigenvalue weighted by Crippen LogP contribution is 2.22. The van der Waals surface area contributed by atoms with Gasteiger partial charge >= 0.3 is 0 Å². The maximum atomic E-state index is 10.4. The lowest BCUT2D eigenvalue weighted by Crippen LogP contribution is -2.10. The van der Waals surface area contributed by atoms with Gasteiger partial charge in [-0.1, -0.05) is 57.2 Å². The molecule has 0 aliphatic heterocycles. The number of carbonyl (C=O) groups is 1. The smallest absolute Gasteiger partial charge is 0.155 e. The zero-order valence-corrected chi connectivity index (χ0v) is 19.9. The Hall–Kier alpha value is -3.16. The third-order valence-corrected chi connectivity index (χ3v) is 4.37. The maximum Gasteiger partial charge on any atom is 0.155 e. The Balaban J connectivity index is 0.000000529. The zero-order valence-electron chi connectivity index (χ0n) is 19.9. The van der Waals surface area contributed by atoms with E-state index in [1.165, 1.54) is 5.56 Å². The van der Waals surface area contributed by atoms with E-state index in [4.69, 9.17) is 5.73 Å². The molecule has 7 nitrogen and oxygen atoms in total. The molecule has 32 heavy (non-hydrogen) atoms. The predicted octanol–water partition coefficient (Wildman–Crippen LogP) is 4.09. The molecular formula is C25H37N5O2. The fourth-order valence-electron chi connectivity index (χ4n) is 2.57. The number of aliphatic hydroxyl groups is 1. The predicted molar refractivity (Wildman–Crippen MR) is 138 cm³/mol. The molecular weight excluding hydrogens is 402 g/mol. The number of carbonyl (C=O) groups excluding carboxylic acids is 1. The molecule has 0 bridgehead atoms. The highest BCUT2D eigenvalue weighted by molar-refractivity contribution is 6.03. The van der Waals surface area contributed by atoms with Gasteiger partial charge in [0.25, 0.3) is 0 Å². The number of nitrogens with one attached hydrogen (secondary N) is 1. The van der Waals surface area contributed by atoms with Crippen molar-refractivity contribution < 1.29 is 9.90 Å². The molecule has 0 amide bonds. The van der Waals surface area contributed by atoms with Crippen molar-refractivity contribution in [3.8, 4) is 0 Å². The number of hydrogen-bond donors (Lipinski definition) is 3. The van der Waals surface area contributed by atoms with E-state index in [0.29, 0.717) is 5.84 Å². The van der Waals surface area contributed by atoms with Gasteiger partial charge in [0, 0.05) is 36.0 Å². The van der Waals surface area contributed by atoms with E-state index in [1.807, 2.05) is 49.4 Å². The lowest BCUT2D eigenvalue weighted by molar-refractivity contribution is 0.112. The van der Waals surface area contributed by atoms with E-state index in [-0.39, 0.29) is 18.7 Å². The third kappa shape index (κ3) is 9.76. The van der Waals surface area contributed by atoms with Crippen LogP contribution in [-0.4, -0.2) is 50.9 Å². The first-order chi connectivity index (χ1) is 15.2. The van der Waals surface area contributed by atoms with Crippen molar-refractivity contribution in [2.75, 3.05) is 25.6 Å². The van der Waals surface area contributed by atoms with Crippen molar-refractivity contribution in [2.24, 2.45) is 20.7 Å². The van der Waals surface area contributed by atoms with E-state index in [9.17, 15) is 9.90 Å². The van der Waals surface area contributed by atoms with Crippen LogP contribution in [-0.2, 0) is 12.0 Å². The molecule has 0 atom stereocenters. The number of rotatable bonds is 6. The van der Waals surface area contributed by atoms with Gasteiger partial charge in [0.1, 0.15) is 6.29 Å². The first-order valence-corrected chi connectivity index (χ1v) is 10.3. The monoisotopic (exact) mass is 439 g/mol. The Morgan fingerprint density at radius 1 is 1.16 bits per heavy atom. The third-order valence-electron chi connectivity index (χ3n) is 4.37. The number of aliphatic hydroxyl groups excluding tert-OH is 1. The van der Waals surface area contributed by atoms with Crippen molar-refractivity contribution in [1.82, 2.24) is 0 Å². The molecule has 2 aromatic rings. The van der Waals surface area contributed by atoms with Crippen molar-refractivity contribution in [1.29, 1.82) is 0 Å². The average Bonchev–Trinajstić information content (AvgIpc) is 2.82. The number of anilines is 1. The molecule has 0 heterocycles. The number of amidine groups is 1. The molecule has 2 rings (SSSR count). The van der Waals surface area contributed by atoms with E-state index < -0.39 is 0 Å². The van der Waals surface area contributed by atoms with Crippen molar-refractivity contribution in [3.05, 3.63) is 64.7 Å². The molecule has 0 radical (unpaired) electrons. The van der Waals surface area contributed by atoms with Crippen molar-refractivity contribution >= 4 is 31.2 Å². The molecule has 0 aromatic heterocycles. The summed E-state index contributed by atoms with van der Waals surface area (Å²) in [5.74, 6) is 0.448. The fraction of sp³-hybridized carbons (Fsp3) is 0.360. The minimum atomic E-state index is -0.0918. The zero-order chi connectivity index (χ0) is 24.6. The average molecular weight is 440 g/mol. The number of aliphatic imine (C=N–C) groups is 3. The molecule has 0 saturated carbocycles. The van der Waals surface area contributed by atoms with Crippen LogP contribution in [0.1, 0.15) is 54.7 Å². The van der Waals surface area contributed by atoms with Crippen molar-refractivity contribution in [2.45, 2.75) is 39.7 Å². The lowest BCUT2D eigenvalue weighted by Gasteiger charge is -2.18. The van der Waals surface area contributed by atoms with Crippen LogP contribution in [0.5, 0.6) is 0 Å². The summed E-state index contributed by atoms with van der Waals surface area (Å²) in [4.78, 5) is 21.7. The van der Waals surface area contributed by atoms with Crippen LogP contribution in [0.2, 0.25) is 0 Å². The highest BCUT2D eigenvalue weighted by Gasteiger charge is 2.12. The van der Waals surface area contributed by atoms with Gasteiger partial charge in [0.05, 0.1) is 13.3 Å². The molecule has 0 fully saturated rings. The standard InChI is InChI=1S/C11H16N4O.C11H14O.C3H7N/c1-13-10-5-3-4-8(9(10)6-16)11(14-2)15-7-12;1-11(2,3)10-6-4-9(8-12)5-7-10;1-3-4-2/h3-5,13,16H,2,6-7,12H2,1H3;4-8H,1-3H3;2-3H2,1H3/b15-11-;;. The van der Waals surface area contributed by atoms with Gasteiger partial charge in [-0.05, 0) is 37.4 Å². The quantitative estimate of drug-likeness (QED) is 0.357. The van der Waals surface area contributed by atoms with Crippen LogP contribution >= 0.6 is 0 Å². The van der Waals surface area contributed by atoms with Gasteiger partial charge in [-0.25, -0.2) is 4.99 Å². The van der Waals surface area contributed by atoms with Gasteiger partial charge in [0.2, 0.25) is 0 Å². The number of aldehydes is 1.